The standard InChI is InChI=1S/C21H25FN4O3/c22-16-3-1-4-17(13-16)26-20(27)7-6-19(24-26)25-10-8-15(9-11-25)21(28)23-14-18-5-2-12-29-18/h1,3-4,6-7,13,15,18H,2,5,8-12,14H2,(H,23,28). The lowest BCUT2D eigenvalue weighted by Gasteiger charge is -2.32. The summed E-state index contributed by atoms with van der Waals surface area (Å²) >= 11 is 0. The van der Waals surface area contributed by atoms with Crippen LogP contribution in [0, 0.1) is 11.7 Å². The van der Waals surface area contributed by atoms with Gasteiger partial charge in [0.25, 0.3) is 5.56 Å². The zero-order valence-corrected chi connectivity index (χ0v) is 16.2. The van der Waals surface area contributed by atoms with Gasteiger partial charge in [0.05, 0.1) is 11.8 Å². The van der Waals surface area contributed by atoms with Crippen LogP contribution in [0.15, 0.2) is 41.2 Å². The van der Waals surface area contributed by atoms with Gasteiger partial charge in [-0.05, 0) is 49.9 Å². The number of carbonyl (C=O) groups is 1. The summed E-state index contributed by atoms with van der Waals surface area (Å²) in [6.07, 6.45) is 3.65. The van der Waals surface area contributed by atoms with Crippen molar-refractivity contribution in [2.24, 2.45) is 5.92 Å². The Morgan fingerprint density at radius 1 is 1.21 bits per heavy atom. The van der Waals surface area contributed by atoms with Crippen molar-refractivity contribution in [3.8, 4) is 5.69 Å². The normalized spacial score (nSPS) is 20.0. The lowest BCUT2D eigenvalue weighted by atomic mass is 9.96. The molecule has 1 aromatic heterocycles. The van der Waals surface area contributed by atoms with Gasteiger partial charge in [0.15, 0.2) is 0 Å². The molecule has 4 rings (SSSR count). The first-order chi connectivity index (χ1) is 14.1. The molecule has 1 atom stereocenters. The molecule has 0 aliphatic carbocycles. The molecule has 1 aromatic carbocycles. The zero-order chi connectivity index (χ0) is 20.2. The highest BCUT2D eigenvalue weighted by atomic mass is 19.1. The number of piperidine rings is 1. The van der Waals surface area contributed by atoms with E-state index in [-0.39, 0.29) is 23.5 Å². The Bertz CT molecular complexity index is 918. The predicted octanol–water partition coefficient (Wildman–Crippen LogP) is 1.88. The summed E-state index contributed by atoms with van der Waals surface area (Å²) in [4.78, 5) is 26.7. The summed E-state index contributed by atoms with van der Waals surface area (Å²) in [5, 5.41) is 7.43. The summed E-state index contributed by atoms with van der Waals surface area (Å²) < 4.78 is 20.3. The second-order valence-corrected chi connectivity index (χ2v) is 7.56. The lowest BCUT2D eigenvalue weighted by molar-refractivity contribution is -0.126. The van der Waals surface area contributed by atoms with E-state index in [0.717, 1.165) is 32.3 Å². The molecule has 1 amide bonds. The van der Waals surface area contributed by atoms with E-state index < -0.39 is 5.82 Å². The molecule has 2 aliphatic heterocycles. The van der Waals surface area contributed by atoms with Crippen LogP contribution in [0.25, 0.3) is 5.69 Å². The summed E-state index contributed by atoms with van der Waals surface area (Å²) in [6.45, 7) is 2.71. The van der Waals surface area contributed by atoms with Crippen molar-refractivity contribution in [3.05, 3.63) is 52.6 Å². The molecule has 2 fully saturated rings. The third kappa shape index (κ3) is 4.64. The number of hydrogen-bond acceptors (Lipinski definition) is 5. The van der Waals surface area contributed by atoms with Crippen LogP contribution in [0.1, 0.15) is 25.7 Å². The number of ether oxygens (including phenoxy) is 1. The van der Waals surface area contributed by atoms with Gasteiger partial charge in [0.1, 0.15) is 11.6 Å². The number of nitrogens with zero attached hydrogens (tertiary/aromatic N) is 3. The van der Waals surface area contributed by atoms with Crippen LogP contribution in [0.2, 0.25) is 0 Å². The maximum atomic E-state index is 13.5. The number of nitrogens with one attached hydrogen (secondary N) is 1. The number of aromatic nitrogens is 2. The van der Waals surface area contributed by atoms with Gasteiger partial charge in [0, 0.05) is 38.2 Å². The molecule has 0 saturated carbocycles. The smallest absolute Gasteiger partial charge is 0.271 e. The van der Waals surface area contributed by atoms with Gasteiger partial charge < -0.3 is 15.0 Å². The largest absolute Gasteiger partial charge is 0.376 e. The van der Waals surface area contributed by atoms with E-state index in [2.05, 4.69) is 15.3 Å². The lowest BCUT2D eigenvalue weighted by Crippen LogP contribution is -2.43. The molecular weight excluding hydrogens is 375 g/mol. The van der Waals surface area contributed by atoms with E-state index in [1.165, 1.54) is 22.9 Å². The Hall–Kier alpha value is -2.74. The Morgan fingerprint density at radius 2 is 2.03 bits per heavy atom. The number of carbonyl (C=O) groups excluding carboxylic acids is 1. The average molecular weight is 400 g/mol. The van der Waals surface area contributed by atoms with Crippen LogP contribution in [0.3, 0.4) is 0 Å². The van der Waals surface area contributed by atoms with Crippen LogP contribution in [0.5, 0.6) is 0 Å². The molecule has 2 saturated heterocycles. The van der Waals surface area contributed by atoms with Crippen molar-refractivity contribution in [3.63, 3.8) is 0 Å². The minimum atomic E-state index is -0.420. The van der Waals surface area contributed by atoms with E-state index in [0.29, 0.717) is 31.1 Å². The van der Waals surface area contributed by atoms with Crippen molar-refractivity contribution < 1.29 is 13.9 Å². The number of amides is 1. The zero-order valence-electron chi connectivity index (χ0n) is 16.2. The van der Waals surface area contributed by atoms with Gasteiger partial charge in [-0.2, -0.15) is 4.68 Å². The predicted molar refractivity (Wildman–Crippen MR) is 107 cm³/mol. The summed E-state index contributed by atoms with van der Waals surface area (Å²) in [6, 6.07) is 8.91. The first-order valence-electron chi connectivity index (χ1n) is 10.1. The summed E-state index contributed by atoms with van der Waals surface area (Å²) in [5.74, 6) is 0.281. The van der Waals surface area contributed by atoms with Gasteiger partial charge >= 0.3 is 0 Å². The topological polar surface area (TPSA) is 76.5 Å². The van der Waals surface area contributed by atoms with Crippen LogP contribution in [-0.2, 0) is 9.53 Å². The third-order valence-electron chi connectivity index (χ3n) is 5.56. The quantitative estimate of drug-likeness (QED) is 0.830. The summed E-state index contributed by atoms with van der Waals surface area (Å²) in [7, 11) is 0. The van der Waals surface area contributed by atoms with E-state index in [4.69, 9.17) is 4.74 Å². The fourth-order valence-corrected chi connectivity index (χ4v) is 3.90. The SMILES string of the molecule is O=C(NCC1CCCO1)C1CCN(c2ccc(=O)n(-c3cccc(F)c3)n2)CC1. The van der Waals surface area contributed by atoms with E-state index in [1.54, 1.807) is 18.2 Å². The minimum absolute atomic E-state index is 0.0261. The fourth-order valence-electron chi connectivity index (χ4n) is 3.90. The van der Waals surface area contributed by atoms with Gasteiger partial charge in [0.2, 0.25) is 5.91 Å². The minimum Gasteiger partial charge on any atom is -0.376 e. The Labute approximate surface area is 168 Å². The molecule has 0 spiro atoms. The Balaban J connectivity index is 1.37. The molecule has 1 N–H and O–H groups in total. The number of rotatable bonds is 5. The molecule has 2 aromatic rings. The second-order valence-electron chi connectivity index (χ2n) is 7.56. The molecule has 29 heavy (non-hydrogen) atoms. The molecule has 3 heterocycles. The molecule has 1 unspecified atom stereocenters. The second kappa shape index (κ2) is 8.73. The van der Waals surface area contributed by atoms with Gasteiger partial charge in [-0.25, -0.2) is 4.39 Å². The van der Waals surface area contributed by atoms with Crippen LogP contribution < -0.4 is 15.8 Å². The highest BCUT2D eigenvalue weighted by molar-refractivity contribution is 5.79. The Morgan fingerprint density at radius 3 is 2.76 bits per heavy atom. The molecule has 0 radical (unpaired) electrons. The number of halogens is 1. The highest BCUT2D eigenvalue weighted by Crippen LogP contribution is 2.22. The first-order valence-corrected chi connectivity index (χ1v) is 10.1. The maximum absolute atomic E-state index is 13.5. The van der Waals surface area contributed by atoms with E-state index in [9.17, 15) is 14.0 Å². The molecular formula is C21H25FN4O3. The van der Waals surface area contributed by atoms with Crippen molar-refractivity contribution in [2.75, 3.05) is 31.1 Å². The molecule has 2 aliphatic rings. The monoisotopic (exact) mass is 400 g/mol. The molecule has 8 heteroatoms. The summed E-state index contributed by atoms with van der Waals surface area (Å²) in [5.41, 5.74) is 0.0722. The molecule has 0 bridgehead atoms. The third-order valence-corrected chi connectivity index (χ3v) is 5.56. The number of anilines is 1. The van der Waals surface area contributed by atoms with Crippen molar-refractivity contribution in [2.45, 2.75) is 31.8 Å². The van der Waals surface area contributed by atoms with E-state index in [1.807, 2.05) is 0 Å². The van der Waals surface area contributed by atoms with Gasteiger partial charge in [-0.3, -0.25) is 9.59 Å². The van der Waals surface area contributed by atoms with Crippen molar-refractivity contribution >= 4 is 11.7 Å². The highest BCUT2D eigenvalue weighted by Gasteiger charge is 2.27. The Kier molecular flexibility index (Phi) is 5.89. The van der Waals surface area contributed by atoms with Crippen LogP contribution >= 0.6 is 0 Å². The van der Waals surface area contributed by atoms with Crippen LogP contribution in [-0.4, -0.2) is 48.0 Å². The number of hydrogen-bond donors (Lipinski definition) is 1. The first kappa shape index (κ1) is 19.6. The molecule has 7 nitrogen and oxygen atoms in total. The average Bonchev–Trinajstić information content (AvgIpc) is 3.26. The van der Waals surface area contributed by atoms with Crippen LogP contribution in [0.4, 0.5) is 10.2 Å². The molecule has 154 valence electrons. The number of benzene rings is 1. The fraction of sp³-hybridized carbons (Fsp3) is 0.476. The van der Waals surface area contributed by atoms with Crippen molar-refractivity contribution in [1.29, 1.82) is 0 Å². The van der Waals surface area contributed by atoms with Gasteiger partial charge in [-0.1, -0.05) is 6.07 Å². The van der Waals surface area contributed by atoms with Crippen molar-refractivity contribution in [1.82, 2.24) is 15.1 Å². The van der Waals surface area contributed by atoms with E-state index >= 15 is 0 Å². The maximum Gasteiger partial charge on any atom is 0.271 e. The van der Waals surface area contributed by atoms with Gasteiger partial charge in [-0.15, -0.1) is 5.10 Å².